The minimum Gasteiger partial charge on any atom is -0.490 e. The van der Waals surface area contributed by atoms with E-state index < -0.39 is 0 Å². The van der Waals surface area contributed by atoms with Crippen LogP contribution >= 0.6 is 12.2 Å². The van der Waals surface area contributed by atoms with Gasteiger partial charge in [0.05, 0.1) is 0 Å². The van der Waals surface area contributed by atoms with Crippen LogP contribution in [-0.4, -0.2) is 17.6 Å². The van der Waals surface area contributed by atoms with Gasteiger partial charge in [-0.3, -0.25) is 15.6 Å². The Hall–Kier alpha value is -2.86. The van der Waals surface area contributed by atoms with Crippen LogP contribution in [0.25, 0.3) is 0 Å². The molecule has 2 rings (SSSR count). The van der Waals surface area contributed by atoms with Gasteiger partial charge in [0.2, 0.25) is 0 Å². The second-order valence-corrected chi connectivity index (χ2v) is 4.93. The molecule has 5 nitrogen and oxygen atoms in total. The van der Waals surface area contributed by atoms with Gasteiger partial charge in [0.1, 0.15) is 12.4 Å². The van der Waals surface area contributed by atoms with Gasteiger partial charge in [0.25, 0.3) is 5.91 Å². The Bertz CT molecular complexity index is 672. The molecule has 3 N–H and O–H groups in total. The molecule has 0 bridgehead atoms. The second-order valence-electron chi connectivity index (χ2n) is 4.52. The fourth-order valence-corrected chi connectivity index (χ4v) is 1.90. The van der Waals surface area contributed by atoms with Crippen LogP contribution in [0, 0.1) is 0 Å². The van der Waals surface area contributed by atoms with Gasteiger partial charge >= 0.3 is 0 Å². The number of hydrazine groups is 1. The molecule has 118 valence electrons. The topological polar surface area (TPSA) is 62.4 Å². The number of hydrogen-bond donors (Lipinski definition) is 3. The first-order valence-corrected chi connectivity index (χ1v) is 7.36. The van der Waals surface area contributed by atoms with Crippen molar-refractivity contribution in [2.45, 2.75) is 0 Å². The first kappa shape index (κ1) is 16.5. The Morgan fingerprint density at radius 1 is 1.09 bits per heavy atom. The van der Waals surface area contributed by atoms with Gasteiger partial charge in [-0.2, -0.15) is 0 Å². The maximum atomic E-state index is 12.0. The molecule has 0 heterocycles. The molecular formula is C17H17N3O2S. The maximum absolute atomic E-state index is 12.0. The number of para-hydroxylation sites is 1. The molecule has 0 saturated carbocycles. The molecule has 2 aromatic rings. The Labute approximate surface area is 140 Å². The van der Waals surface area contributed by atoms with Crippen molar-refractivity contribution in [1.29, 1.82) is 0 Å². The number of carbonyl (C=O) groups excluding carboxylic acids is 1. The van der Waals surface area contributed by atoms with Crippen LogP contribution in [0.4, 0.5) is 5.69 Å². The smallest absolute Gasteiger partial charge is 0.269 e. The molecule has 0 saturated heterocycles. The summed E-state index contributed by atoms with van der Waals surface area (Å²) < 4.78 is 5.36. The molecule has 23 heavy (non-hydrogen) atoms. The van der Waals surface area contributed by atoms with Crippen LogP contribution in [0.2, 0.25) is 0 Å². The number of benzene rings is 2. The van der Waals surface area contributed by atoms with Gasteiger partial charge in [-0.15, -0.1) is 0 Å². The van der Waals surface area contributed by atoms with Gasteiger partial charge in [-0.25, -0.2) is 0 Å². The molecule has 0 fully saturated rings. The molecule has 0 atom stereocenters. The number of amides is 1. The molecule has 0 spiro atoms. The summed E-state index contributed by atoms with van der Waals surface area (Å²) in [6, 6.07) is 16.2. The highest BCUT2D eigenvalue weighted by atomic mass is 32.1. The van der Waals surface area contributed by atoms with Crippen molar-refractivity contribution in [2.75, 3.05) is 11.9 Å². The van der Waals surface area contributed by atoms with E-state index in [1.165, 1.54) is 0 Å². The Morgan fingerprint density at radius 3 is 2.43 bits per heavy atom. The van der Waals surface area contributed by atoms with Gasteiger partial charge in [-0.05, 0) is 48.6 Å². The zero-order valence-corrected chi connectivity index (χ0v) is 13.2. The normalized spacial score (nSPS) is 9.57. The van der Waals surface area contributed by atoms with Crippen LogP contribution in [-0.2, 0) is 0 Å². The highest BCUT2D eigenvalue weighted by Crippen LogP contribution is 2.12. The average Bonchev–Trinajstić information content (AvgIpc) is 2.59. The van der Waals surface area contributed by atoms with Gasteiger partial charge in [0.15, 0.2) is 5.11 Å². The minimum absolute atomic E-state index is 0.294. The number of rotatable bonds is 5. The van der Waals surface area contributed by atoms with E-state index in [2.05, 4.69) is 22.7 Å². The van der Waals surface area contributed by atoms with Crippen LogP contribution < -0.4 is 20.9 Å². The lowest BCUT2D eigenvalue weighted by Gasteiger charge is -2.11. The number of anilines is 1. The third kappa shape index (κ3) is 5.44. The number of carbonyl (C=O) groups is 1. The summed E-state index contributed by atoms with van der Waals surface area (Å²) >= 11 is 5.11. The highest BCUT2D eigenvalue weighted by molar-refractivity contribution is 7.80. The molecule has 2 aromatic carbocycles. The van der Waals surface area contributed by atoms with Gasteiger partial charge in [-0.1, -0.05) is 30.9 Å². The molecular weight excluding hydrogens is 310 g/mol. The van der Waals surface area contributed by atoms with Crippen molar-refractivity contribution in [3.63, 3.8) is 0 Å². The third-order valence-corrected chi connectivity index (χ3v) is 3.01. The maximum Gasteiger partial charge on any atom is 0.269 e. The first-order valence-electron chi connectivity index (χ1n) is 6.95. The third-order valence-electron chi connectivity index (χ3n) is 2.81. The van der Waals surface area contributed by atoms with E-state index in [0.29, 0.717) is 23.0 Å². The van der Waals surface area contributed by atoms with Gasteiger partial charge < -0.3 is 10.1 Å². The second kappa shape index (κ2) is 8.55. The van der Waals surface area contributed by atoms with Crippen molar-refractivity contribution in [2.24, 2.45) is 0 Å². The first-order chi connectivity index (χ1) is 11.2. The number of hydrogen-bond acceptors (Lipinski definition) is 3. The van der Waals surface area contributed by atoms with Crippen molar-refractivity contribution in [3.05, 3.63) is 72.8 Å². The predicted octanol–water partition coefficient (Wildman–Crippen LogP) is 2.88. The molecule has 0 unspecified atom stereocenters. The SMILES string of the molecule is C=CCOc1ccc(C(=O)NNC(=S)Nc2ccccc2)cc1. The number of nitrogens with one attached hydrogen (secondary N) is 3. The minimum atomic E-state index is -0.294. The summed E-state index contributed by atoms with van der Waals surface area (Å²) in [5, 5.41) is 3.26. The lowest BCUT2D eigenvalue weighted by Crippen LogP contribution is -2.43. The Kier molecular flexibility index (Phi) is 6.14. The van der Waals surface area contributed by atoms with E-state index in [0.717, 1.165) is 5.69 Å². The predicted molar refractivity (Wildman–Crippen MR) is 95.4 cm³/mol. The molecule has 0 radical (unpaired) electrons. The quantitative estimate of drug-likeness (QED) is 0.448. The average molecular weight is 327 g/mol. The monoisotopic (exact) mass is 327 g/mol. The fourth-order valence-electron chi connectivity index (χ4n) is 1.73. The largest absolute Gasteiger partial charge is 0.490 e. The van der Waals surface area contributed by atoms with Crippen molar-refractivity contribution < 1.29 is 9.53 Å². The van der Waals surface area contributed by atoms with Crippen LogP contribution in [0.1, 0.15) is 10.4 Å². The molecule has 0 aromatic heterocycles. The van der Waals surface area contributed by atoms with E-state index in [1.54, 1.807) is 30.3 Å². The summed E-state index contributed by atoms with van der Waals surface area (Å²) in [7, 11) is 0. The summed E-state index contributed by atoms with van der Waals surface area (Å²) in [5.74, 6) is 0.383. The van der Waals surface area contributed by atoms with E-state index in [-0.39, 0.29) is 5.91 Å². The van der Waals surface area contributed by atoms with Crippen molar-refractivity contribution in [3.8, 4) is 5.75 Å². The van der Waals surface area contributed by atoms with Crippen LogP contribution in [0.15, 0.2) is 67.3 Å². The molecule has 1 amide bonds. The molecule has 0 aliphatic heterocycles. The van der Waals surface area contributed by atoms with Crippen molar-refractivity contribution in [1.82, 2.24) is 10.9 Å². The standard InChI is InChI=1S/C17H17N3O2S/c1-2-12-22-15-10-8-13(9-11-15)16(21)19-20-17(23)18-14-6-4-3-5-7-14/h2-11H,1,12H2,(H,19,21)(H2,18,20,23). The highest BCUT2D eigenvalue weighted by Gasteiger charge is 2.06. The van der Waals surface area contributed by atoms with Crippen LogP contribution in [0.5, 0.6) is 5.75 Å². The summed E-state index contributed by atoms with van der Waals surface area (Å²) in [5.41, 5.74) is 6.51. The number of ether oxygens (including phenoxy) is 1. The molecule has 0 aliphatic carbocycles. The Morgan fingerprint density at radius 2 is 1.78 bits per heavy atom. The fraction of sp³-hybridized carbons (Fsp3) is 0.0588. The summed E-state index contributed by atoms with van der Waals surface area (Å²) in [6.07, 6.45) is 1.66. The van der Waals surface area contributed by atoms with E-state index >= 15 is 0 Å². The lowest BCUT2D eigenvalue weighted by atomic mass is 10.2. The number of thiocarbonyl (C=S) groups is 1. The van der Waals surface area contributed by atoms with Crippen molar-refractivity contribution >= 4 is 28.9 Å². The Balaban J connectivity index is 1.82. The lowest BCUT2D eigenvalue weighted by molar-refractivity contribution is 0.0944. The zero-order chi connectivity index (χ0) is 16.5. The van der Waals surface area contributed by atoms with E-state index in [9.17, 15) is 4.79 Å². The zero-order valence-electron chi connectivity index (χ0n) is 12.4. The van der Waals surface area contributed by atoms with E-state index in [4.69, 9.17) is 17.0 Å². The summed E-state index contributed by atoms with van der Waals surface area (Å²) in [4.78, 5) is 12.0. The summed E-state index contributed by atoms with van der Waals surface area (Å²) in [6.45, 7) is 4.00. The molecule has 6 heteroatoms. The van der Waals surface area contributed by atoms with E-state index in [1.807, 2.05) is 30.3 Å². The molecule has 0 aliphatic rings. The van der Waals surface area contributed by atoms with Gasteiger partial charge in [0, 0.05) is 11.3 Å². The van der Waals surface area contributed by atoms with Crippen LogP contribution in [0.3, 0.4) is 0 Å².